The summed E-state index contributed by atoms with van der Waals surface area (Å²) in [4.78, 5) is 26.5. The number of carbonyl (C=O) groups excluding carboxylic acids is 1. The lowest BCUT2D eigenvalue weighted by atomic mass is 9.71. The molecule has 1 aliphatic carbocycles. The van der Waals surface area contributed by atoms with Crippen molar-refractivity contribution in [2.24, 2.45) is 11.8 Å². The lowest BCUT2D eigenvalue weighted by Gasteiger charge is -2.49. The molecule has 3 aliphatic rings. The summed E-state index contributed by atoms with van der Waals surface area (Å²) in [7, 11) is 0. The van der Waals surface area contributed by atoms with Gasteiger partial charge in [0, 0.05) is 32.1 Å². The molecule has 3 rings (SSSR count). The van der Waals surface area contributed by atoms with Gasteiger partial charge >= 0.3 is 12.0 Å². The van der Waals surface area contributed by atoms with Crippen LogP contribution in [0.5, 0.6) is 0 Å². The van der Waals surface area contributed by atoms with E-state index in [2.05, 4.69) is 0 Å². The monoisotopic (exact) mass is 282 g/mol. The van der Waals surface area contributed by atoms with Crippen LogP contribution in [0.3, 0.4) is 0 Å². The minimum atomic E-state index is -0.825. The number of hydrogen-bond donors (Lipinski definition) is 2. The third kappa shape index (κ3) is 2.26. The number of carbonyl (C=O) groups is 2. The third-order valence-electron chi connectivity index (χ3n) is 5.20. The van der Waals surface area contributed by atoms with Crippen molar-refractivity contribution in [3.8, 4) is 0 Å². The van der Waals surface area contributed by atoms with E-state index in [-0.39, 0.29) is 11.9 Å². The Kier molecular flexibility index (Phi) is 3.36. The lowest BCUT2D eigenvalue weighted by molar-refractivity contribution is -0.146. The molecule has 6 heteroatoms. The number of hydrogen-bond acceptors (Lipinski definition) is 3. The van der Waals surface area contributed by atoms with Gasteiger partial charge in [0.15, 0.2) is 0 Å². The Balaban J connectivity index is 1.57. The van der Waals surface area contributed by atoms with Crippen LogP contribution in [0.2, 0.25) is 0 Å². The van der Waals surface area contributed by atoms with Crippen molar-refractivity contribution in [2.45, 2.75) is 37.7 Å². The maximum atomic E-state index is 12.3. The molecule has 2 amide bonds. The fourth-order valence-corrected chi connectivity index (χ4v) is 3.74. The molecule has 0 radical (unpaired) electrons. The van der Waals surface area contributed by atoms with Gasteiger partial charge in [-0.15, -0.1) is 0 Å². The molecule has 6 nitrogen and oxygen atoms in total. The average Bonchev–Trinajstić information content (AvgIpc) is 2.35. The number of rotatable bonds is 1. The van der Waals surface area contributed by atoms with Gasteiger partial charge in [-0.05, 0) is 19.3 Å². The number of nitrogens with zero attached hydrogens (tertiary/aromatic N) is 2. The molecule has 2 heterocycles. The number of urea groups is 1. The summed E-state index contributed by atoms with van der Waals surface area (Å²) in [6.07, 6.45) is 4.69. The molecule has 112 valence electrons. The number of fused-ring (bicyclic) bond motifs is 1. The van der Waals surface area contributed by atoms with Crippen LogP contribution in [-0.2, 0) is 4.79 Å². The molecule has 20 heavy (non-hydrogen) atoms. The first kappa shape index (κ1) is 13.7. The molecule has 0 bridgehead atoms. The Labute approximate surface area is 118 Å². The number of amides is 2. The van der Waals surface area contributed by atoms with Crippen LogP contribution in [0.25, 0.3) is 0 Å². The van der Waals surface area contributed by atoms with Crippen molar-refractivity contribution < 1.29 is 19.8 Å². The van der Waals surface area contributed by atoms with Crippen molar-refractivity contribution in [1.29, 1.82) is 0 Å². The first-order chi connectivity index (χ1) is 9.49. The molecule has 2 atom stereocenters. The SMILES string of the molecule is O=C(O)C1CN(C(=O)N2CCC3(O)CCCCC3C2)C1. The summed E-state index contributed by atoms with van der Waals surface area (Å²) >= 11 is 0. The Hall–Kier alpha value is -1.30. The Morgan fingerprint density at radius 3 is 2.50 bits per heavy atom. The first-order valence-electron chi connectivity index (χ1n) is 7.49. The van der Waals surface area contributed by atoms with Gasteiger partial charge < -0.3 is 20.0 Å². The quantitative estimate of drug-likeness (QED) is 0.743. The van der Waals surface area contributed by atoms with Gasteiger partial charge in [-0.25, -0.2) is 4.79 Å². The molecule has 2 aliphatic heterocycles. The Morgan fingerprint density at radius 2 is 1.80 bits per heavy atom. The highest BCUT2D eigenvalue weighted by molar-refractivity contribution is 5.80. The summed E-state index contributed by atoms with van der Waals surface area (Å²) in [6, 6.07) is -0.0601. The fourth-order valence-electron chi connectivity index (χ4n) is 3.74. The molecule has 3 fully saturated rings. The standard InChI is InChI=1S/C14H22N2O4/c17-12(18)10-7-16(8-10)13(19)15-6-5-14(20)4-2-1-3-11(14)9-15/h10-11,20H,1-9H2,(H,17,18). The molecule has 0 aromatic heterocycles. The van der Waals surface area contributed by atoms with Crippen molar-refractivity contribution >= 4 is 12.0 Å². The van der Waals surface area contributed by atoms with Gasteiger partial charge in [0.1, 0.15) is 0 Å². The highest BCUT2D eigenvalue weighted by Gasteiger charge is 2.45. The summed E-state index contributed by atoms with van der Waals surface area (Å²) < 4.78 is 0. The summed E-state index contributed by atoms with van der Waals surface area (Å²) in [6.45, 7) is 1.84. The number of aliphatic hydroxyl groups is 1. The zero-order chi connectivity index (χ0) is 14.3. The van der Waals surface area contributed by atoms with Crippen LogP contribution in [0.4, 0.5) is 4.79 Å². The van der Waals surface area contributed by atoms with Crippen LogP contribution in [0.1, 0.15) is 32.1 Å². The third-order valence-corrected chi connectivity index (χ3v) is 5.20. The van der Waals surface area contributed by atoms with Crippen molar-refractivity contribution in [1.82, 2.24) is 9.80 Å². The van der Waals surface area contributed by atoms with E-state index in [1.807, 2.05) is 0 Å². The van der Waals surface area contributed by atoms with E-state index in [1.165, 1.54) is 0 Å². The van der Waals surface area contributed by atoms with Gasteiger partial charge in [-0.3, -0.25) is 4.79 Å². The molecule has 2 N–H and O–H groups in total. The molecule has 0 aromatic carbocycles. The highest BCUT2D eigenvalue weighted by atomic mass is 16.4. The van der Waals surface area contributed by atoms with Crippen molar-refractivity contribution in [3.63, 3.8) is 0 Å². The number of likely N-dealkylation sites (tertiary alicyclic amines) is 2. The molecule has 2 unspecified atom stereocenters. The van der Waals surface area contributed by atoms with Crippen LogP contribution >= 0.6 is 0 Å². The summed E-state index contributed by atoms with van der Waals surface area (Å²) in [5, 5.41) is 19.4. The van der Waals surface area contributed by atoms with E-state index in [9.17, 15) is 14.7 Å². The predicted octanol–water partition coefficient (Wildman–Crippen LogP) is 0.750. The van der Waals surface area contributed by atoms with E-state index < -0.39 is 17.5 Å². The van der Waals surface area contributed by atoms with E-state index >= 15 is 0 Å². The largest absolute Gasteiger partial charge is 0.481 e. The van der Waals surface area contributed by atoms with Gasteiger partial charge in [0.05, 0.1) is 11.5 Å². The molecule has 1 saturated carbocycles. The van der Waals surface area contributed by atoms with E-state index in [4.69, 9.17) is 5.11 Å². The van der Waals surface area contributed by atoms with E-state index in [0.717, 1.165) is 25.7 Å². The molecular weight excluding hydrogens is 260 g/mol. The smallest absolute Gasteiger partial charge is 0.320 e. The summed E-state index contributed by atoms with van der Waals surface area (Å²) in [5.74, 6) is -1.05. The average molecular weight is 282 g/mol. The van der Waals surface area contributed by atoms with Gasteiger partial charge in [0.25, 0.3) is 0 Å². The minimum Gasteiger partial charge on any atom is -0.481 e. The molecular formula is C14H22N2O4. The van der Waals surface area contributed by atoms with Gasteiger partial charge in [0.2, 0.25) is 0 Å². The minimum absolute atomic E-state index is 0.0601. The zero-order valence-electron chi connectivity index (χ0n) is 11.6. The second kappa shape index (κ2) is 4.91. The maximum Gasteiger partial charge on any atom is 0.320 e. The van der Waals surface area contributed by atoms with Crippen molar-refractivity contribution in [3.05, 3.63) is 0 Å². The van der Waals surface area contributed by atoms with E-state index in [1.54, 1.807) is 9.80 Å². The number of carboxylic acid groups (broad SMARTS) is 1. The Morgan fingerprint density at radius 1 is 1.05 bits per heavy atom. The predicted molar refractivity (Wildman–Crippen MR) is 71.2 cm³/mol. The molecule has 0 aromatic rings. The topological polar surface area (TPSA) is 81.1 Å². The molecule has 2 saturated heterocycles. The lowest BCUT2D eigenvalue weighted by Crippen LogP contribution is -2.61. The van der Waals surface area contributed by atoms with Crippen molar-refractivity contribution in [2.75, 3.05) is 26.2 Å². The normalized spacial score (nSPS) is 34.4. The van der Waals surface area contributed by atoms with Gasteiger partial charge in [-0.1, -0.05) is 12.8 Å². The van der Waals surface area contributed by atoms with Crippen LogP contribution < -0.4 is 0 Å². The zero-order valence-corrected chi connectivity index (χ0v) is 11.6. The van der Waals surface area contributed by atoms with Crippen LogP contribution in [-0.4, -0.2) is 63.8 Å². The molecule has 0 spiro atoms. The fraction of sp³-hybridized carbons (Fsp3) is 0.857. The maximum absolute atomic E-state index is 12.3. The van der Waals surface area contributed by atoms with Gasteiger partial charge in [-0.2, -0.15) is 0 Å². The number of piperidine rings is 1. The Bertz CT molecular complexity index is 421. The second-order valence-electron chi connectivity index (χ2n) is 6.47. The second-order valence-corrected chi connectivity index (χ2v) is 6.47. The van der Waals surface area contributed by atoms with E-state index in [0.29, 0.717) is 32.6 Å². The summed E-state index contributed by atoms with van der Waals surface area (Å²) in [5.41, 5.74) is -0.576. The highest BCUT2D eigenvalue weighted by Crippen LogP contribution is 2.40. The number of carboxylic acids is 1. The van der Waals surface area contributed by atoms with Crippen LogP contribution in [0, 0.1) is 11.8 Å². The number of aliphatic carboxylic acids is 1. The van der Waals surface area contributed by atoms with Crippen LogP contribution in [0.15, 0.2) is 0 Å². The first-order valence-corrected chi connectivity index (χ1v) is 7.49.